The predicted molar refractivity (Wildman–Crippen MR) is 145 cm³/mol. The number of rotatable bonds is 13. The zero-order valence-corrected chi connectivity index (χ0v) is 22.8. The van der Waals surface area contributed by atoms with E-state index in [4.69, 9.17) is 0 Å². The van der Waals surface area contributed by atoms with E-state index in [0.29, 0.717) is 29.4 Å². The van der Waals surface area contributed by atoms with Gasteiger partial charge in [-0.25, -0.2) is 0 Å². The molecule has 3 aliphatic rings. The molecular formula is C32H50O4. The monoisotopic (exact) mass is 498 g/mol. The lowest BCUT2D eigenvalue weighted by molar-refractivity contribution is -0.142. The summed E-state index contributed by atoms with van der Waals surface area (Å²) in [5.41, 5.74) is 2.91. The quantitative estimate of drug-likeness (QED) is 0.242. The Bertz CT molecular complexity index is 866. The van der Waals surface area contributed by atoms with Gasteiger partial charge in [0.05, 0.1) is 12.0 Å². The van der Waals surface area contributed by atoms with E-state index in [-0.39, 0.29) is 17.4 Å². The maximum atomic E-state index is 11.4. The van der Waals surface area contributed by atoms with Crippen molar-refractivity contribution >= 4 is 5.97 Å². The number of aliphatic hydroxyl groups excluding tert-OH is 1. The number of carboxylic acids is 1. The molecule has 0 heterocycles. The summed E-state index contributed by atoms with van der Waals surface area (Å²) in [5, 5.41) is 30.4. The molecule has 0 aliphatic heterocycles. The molecule has 1 aromatic carbocycles. The summed E-state index contributed by atoms with van der Waals surface area (Å²) < 4.78 is 0. The van der Waals surface area contributed by atoms with Crippen LogP contribution in [0.25, 0.3) is 0 Å². The number of fused-ring (bicyclic) bond motifs is 5. The molecule has 4 nitrogen and oxygen atoms in total. The van der Waals surface area contributed by atoms with E-state index < -0.39 is 5.97 Å². The van der Waals surface area contributed by atoms with Gasteiger partial charge in [0.25, 0.3) is 0 Å². The minimum absolute atomic E-state index is 0.0821. The average Bonchev–Trinajstić information content (AvgIpc) is 3.16. The topological polar surface area (TPSA) is 77.8 Å². The van der Waals surface area contributed by atoms with Crippen LogP contribution in [0.5, 0.6) is 5.75 Å². The first kappa shape index (κ1) is 27.5. The van der Waals surface area contributed by atoms with E-state index in [1.165, 1.54) is 56.1 Å². The largest absolute Gasteiger partial charge is 0.508 e. The van der Waals surface area contributed by atoms with Crippen molar-refractivity contribution in [3.63, 3.8) is 0 Å². The second-order valence-electron chi connectivity index (χ2n) is 12.7. The summed E-state index contributed by atoms with van der Waals surface area (Å²) in [6.45, 7) is 4.48. The van der Waals surface area contributed by atoms with Crippen molar-refractivity contribution in [1.29, 1.82) is 0 Å². The number of aromatic hydroxyl groups is 1. The fourth-order valence-electron chi connectivity index (χ4n) is 8.38. The van der Waals surface area contributed by atoms with Crippen molar-refractivity contribution in [2.45, 2.75) is 129 Å². The van der Waals surface area contributed by atoms with Crippen LogP contribution in [0, 0.1) is 29.1 Å². The molecule has 1 aromatic rings. The van der Waals surface area contributed by atoms with Gasteiger partial charge in [-0.1, -0.05) is 71.3 Å². The Hall–Kier alpha value is -1.55. The minimum Gasteiger partial charge on any atom is -0.508 e. The van der Waals surface area contributed by atoms with Crippen LogP contribution < -0.4 is 0 Å². The van der Waals surface area contributed by atoms with Gasteiger partial charge in [0.1, 0.15) is 5.75 Å². The second-order valence-corrected chi connectivity index (χ2v) is 12.7. The number of benzene rings is 1. The number of aliphatic carboxylic acids is 1. The molecule has 202 valence electrons. The Balaban J connectivity index is 1.28. The first-order valence-electron chi connectivity index (χ1n) is 15.1. The molecule has 0 saturated heterocycles. The lowest BCUT2D eigenvalue weighted by Crippen LogP contribution is -2.47. The third-order valence-corrected chi connectivity index (χ3v) is 10.5. The van der Waals surface area contributed by atoms with Crippen molar-refractivity contribution in [2.75, 3.05) is 0 Å². The lowest BCUT2D eigenvalue weighted by atomic mass is 9.52. The number of phenols is 1. The van der Waals surface area contributed by atoms with Crippen LogP contribution in [-0.2, 0) is 11.2 Å². The Morgan fingerprint density at radius 3 is 2.50 bits per heavy atom. The van der Waals surface area contributed by atoms with Gasteiger partial charge < -0.3 is 15.3 Å². The number of hydrogen-bond donors (Lipinski definition) is 3. The third kappa shape index (κ3) is 5.95. The first-order chi connectivity index (χ1) is 17.3. The highest BCUT2D eigenvalue weighted by molar-refractivity contribution is 5.69. The zero-order valence-electron chi connectivity index (χ0n) is 22.8. The maximum Gasteiger partial charge on any atom is 0.306 e. The van der Waals surface area contributed by atoms with Gasteiger partial charge in [-0.3, -0.25) is 4.79 Å². The van der Waals surface area contributed by atoms with Crippen LogP contribution in [0.15, 0.2) is 18.2 Å². The van der Waals surface area contributed by atoms with Crippen molar-refractivity contribution in [3.8, 4) is 5.75 Å². The number of unbranched alkanes of at least 4 members (excludes halogenated alkanes) is 6. The Kier molecular flexibility index (Phi) is 9.41. The van der Waals surface area contributed by atoms with Crippen LogP contribution in [-0.4, -0.2) is 27.4 Å². The normalized spacial score (nSPS) is 31.9. The fraction of sp³-hybridized carbons (Fsp3) is 0.781. The first-order valence-corrected chi connectivity index (χ1v) is 15.1. The van der Waals surface area contributed by atoms with Crippen molar-refractivity contribution in [2.24, 2.45) is 29.1 Å². The summed E-state index contributed by atoms with van der Waals surface area (Å²) in [5.74, 6) is 2.14. The summed E-state index contributed by atoms with van der Waals surface area (Å²) >= 11 is 0. The van der Waals surface area contributed by atoms with Gasteiger partial charge in [0, 0.05) is 0 Å². The van der Waals surface area contributed by atoms with Crippen molar-refractivity contribution in [3.05, 3.63) is 29.3 Å². The van der Waals surface area contributed by atoms with E-state index >= 15 is 0 Å². The molecule has 4 unspecified atom stereocenters. The van der Waals surface area contributed by atoms with E-state index in [1.54, 1.807) is 0 Å². The molecule has 4 rings (SSSR count). The molecule has 2 saturated carbocycles. The molecule has 36 heavy (non-hydrogen) atoms. The molecule has 3 aliphatic carbocycles. The van der Waals surface area contributed by atoms with E-state index in [0.717, 1.165) is 57.8 Å². The Morgan fingerprint density at radius 2 is 1.75 bits per heavy atom. The second kappa shape index (κ2) is 12.3. The molecule has 2 fully saturated rings. The zero-order chi connectivity index (χ0) is 25.7. The molecule has 0 aromatic heterocycles. The van der Waals surface area contributed by atoms with Crippen LogP contribution >= 0.6 is 0 Å². The lowest BCUT2D eigenvalue weighted by Gasteiger charge is -2.53. The van der Waals surface area contributed by atoms with Crippen LogP contribution in [0.4, 0.5) is 0 Å². The molecule has 0 bridgehead atoms. The van der Waals surface area contributed by atoms with Gasteiger partial charge in [-0.2, -0.15) is 0 Å². The van der Waals surface area contributed by atoms with Crippen LogP contribution in [0.3, 0.4) is 0 Å². The van der Waals surface area contributed by atoms with E-state index in [1.807, 2.05) is 12.1 Å². The van der Waals surface area contributed by atoms with Crippen LogP contribution in [0.2, 0.25) is 0 Å². The summed E-state index contributed by atoms with van der Waals surface area (Å²) in [7, 11) is 0. The summed E-state index contributed by atoms with van der Waals surface area (Å²) in [6, 6.07) is 6.07. The van der Waals surface area contributed by atoms with E-state index in [9.17, 15) is 20.1 Å². The predicted octanol–water partition coefficient (Wildman–Crippen LogP) is 7.85. The smallest absolute Gasteiger partial charge is 0.306 e. The SMILES string of the molecule is CCCC[C@@H](CCCCCCCCC1Cc2cc(O)ccc2C2CC[C@@]3(C)C(CC[C@@H]3O)C12)C(=O)O. The molecule has 7 atom stereocenters. The number of carboxylic acid groups (broad SMARTS) is 1. The number of phenolic OH excluding ortho intramolecular Hbond substituents is 1. The molecular weight excluding hydrogens is 448 g/mol. The van der Waals surface area contributed by atoms with Crippen molar-refractivity contribution in [1.82, 2.24) is 0 Å². The van der Waals surface area contributed by atoms with Gasteiger partial charge >= 0.3 is 5.97 Å². The minimum atomic E-state index is -0.613. The average molecular weight is 499 g/mol. The molecule has 4 heteroatoms. The Morgan fingerprint density at radius 1 is 1.03 bits per heavy atom. The van der Waals surface area contributed by atoms with E-state index in [2.05, 4.69) is 19.9 Å². The molecule has 3 N–H and O–H groups in total. The van der Waals surface area contributed by atoms with Crippen molar-refractivity contribution < 1.29 is 20.1 Å². The highest BCUT2D eigenvalue weighted by atomic mass is 16.4. The number of hydrogen-bond acceptors (Lipinski definition) is 3. The van der Waals surface area contributed by atoms with Gasteiger partial charge in [-0.05, 0) is 104 Å². The Labute approximate surface area is 218 Å². The van der Waals surface area contributed by atoms with Crippen LogP contribution in [0.1, 0.15) is 127 Å². The number of carbonyl (C=O) groups is 1. The number of aliphatic hydroxyl groups is 1. The fourth-order valence-corrected chi connectivity index (χ4v) is 8.38. The maximum absolute atomic E-state index is 11.4. The van der Waals surface area contributed by atoms with Gasteiger partial charge in [0.15, 0.2) is 0 Å². The summed E-state index contributed by atoms with van der Waals surface area (Å²) in [4.78, 5) is 11.4. The summed E-state index contributed by atoms with van der Waals surface area (Å²) in [6.07, 6.45) is 17.5. The van der Waals surface area contributed by atoms with Gasteiger partial charge in [-0.15, -0.1) is 0 Å². The molecule has 0 spiro atoms. The standard InChI is InChI=1S/C32H50O4/c1-3-4-11-22(31(35)36)12-9-7-5-6-8-10-13-23-20-24-21-25(33)14-15-26(24)27-18-19-32(2)28(30(23)27)16-17-29(32)34/h14-15,21-23,27-30,33-34H,3-13,16-20H2,1-2H3,(H,35,36)/t22-,23?,27?,28?,29-,30?,32-/m0/s1. The highest BCUT2D eigenvalue weighted by Gasteiger charge is 2.56. The molecule has 0 radical (unpaired) electrons. The third-order valence-electron chi connectivity index (χ3n) is 10.5. The molecule has 0 amide bonds. The highest BCUT2D eigenvalue weighted by Crippen LogP contribution is 2.62. The van der Waals surface area contributed by atoms with Gasteiger partial charge in [0.2, 0.25) is 0 Å².